The van der Waals surface area contributed by atoms with Crippen LogP contribution in [0.25, 0.3) is 0 Å². The van der Waals surface area contributed by atoms with Crippen molar-refractivity contribution in [3.8, 4) is 0 Å². The van der Waals surface area contributed by atoms with Gasteiger partial charge in [-0.3, -0.25) is 9.48 Å². The van der Waals surface area contributed by atoms with Crippen LogP contribution in [-0.2, 0) is 17.8 Å². The molecule has 24 heavy (non-hydrogen) atoms. The van der Waals surface area contributed by atoms with E-state index in [4.69, 9.17) is 11.6 Å². The van der Waals surface area contributed by atoms with Gasteiger partial charge in [-0.15, -0.1) is 0 Å². The van der Waals surface area contributed by atoms with E-state index in [0.717, 1.165) is 25.9 Å². The minimum atomic E-state index is -0.0866. The summed E-state index contributed by atoms with van der Waals surface area (Å²) in [7, 11) is 0. The van der Waals surface area contributed by atoms with Crippen LogP contribution in [-0.4, -0.2) is 33.7 Å². The van der Waals surface area contributed by atoms with Crippen LogP contribution in [0.3, 0.4) is 0 Å². The van der Waals surface area contributed by atoms with Gasteiger partial charge in [0.25, 0.3) is 0 Å². The summed E-state index contributed by atoms with van der Waals surface area (Å²) in [5.74, 6) is 0.687. The van der Waals surface area contributed by atoms with Crippen molar-refractivity contribution < 1.29 is 4.79 Å². The first kappa shape index (κ1) is 17.0. The van der Waals surface area contributed by atoms with Crippen molar-refractivity contribution in [1.29, 1.82) is 0 Å². The lowest BCUT2D eigenvalue weighted by atomic mass is 9.90. The second-order valence-corrected chi connectivity index (χ2v) is 7.20. The summed E-state index contributed by atoms with van der Waals surface area (Å²) in [5.41, 5.74) is 1.36. The molecule has 0 radical (unpaired) electrons. The summed E-state index contributed by atoms with van der Waals surface area (Å²) < 4.78 is 1.75. The van der Waals surface area contributed by atoms with Gasteiger partial charge in [0, 0.05) is 19.3 Å². The molecule has 1 aliphatic heterocycles. The number of hydrogen-bond donors (Lipinski definition) is 0. The molecular formula is C19H24ClN3O. The van der Waals surface area contributed by atoms with Gasteiger partial charge in [-0.1, -0.05) is 48.9 Å². The highest BCUT2D eigenvalue weighted by atomic mass is 35.5. The van der Waals surface area contributed by atoms with Gasteiger partial charge >= 0.3 is 0 Å². The van der Waals surface area contributed by atoms with Crippen molar-refractivity contribution in [2.75, 3.05) is 13.1 Å². The summed E-state index contributed by atoms with van der Waals surface area (Å²) in [6, 6.07) is 10.6. The number of amides is 1. The van der Waals surface area contributed by atoms with Gasteiger partial charge < -0.3 is 4.90 Å². The number of halogens is 1. The molecule has 1 amide bonds. The second kappa shape index (κ2) is 7.84. The molecule has 1 fully saturated rings. The molecule has 1 aliphatic rings. The molecular weight excluding hydrogens is 322 g/mol. The summed E-state index contributed by atoms with van der Waals surface area (Å²) in [4.78, 5) is 14.8. The Morgan fingerprint density at radius 2 is 2.17 bits per heavy atom. The zero-order valence-electron chi connectivity index (χ0n) is 14.1. The maximum Gasteiger partial charge on any atom is 0.227 e. The summed E-state index contributed by atoms with van der Waals surface area (Å²) in [6.07, 6.45) is 6.70. The van der Waals surface area contributed by atoms with Crippen molar-refractivity contribution in [3.05, 3.63) is 53.3 Å². The van der Waals surface area contributed by atoms with Crippen LogP contribution in [0.15, 0.2) is 42.7 Å². The molecule has 2 aromatic rings. The molecule has 0 spiro atoms. The van der Waals surface area contributed by atoms with Crippen LogP contribution < -0.4 is 0 Å². The van der Waals surface area contributed by atoms with Gasteiger partial charge in [-0.25, -0.2) is 0 Å². The fraction of sp³-hybridized carbons (Fsp3) is 0.474. The van der Waals surface area contributed by atoms with Crippen molar-refractivity contribution in [1.82, 2.24) is 14.7 Å². The first-order valence-corrected chi connectivity index (χ1v) is 9.00. The van der Waals surface area contributed by atoms with Gasteiger partial charge in [0.05, 0.1) is 23.7 Å². The lowest BCUT2D eigenvalue weighted by Crippen LogP contribution is -2.43. The average Bonchev–Trinajstić information content (AvgIpc) is 3.00. The molecule has 3 rings (SSSR count). The minimum absolute atomic E-state index is 0.0866. The molecule has 4 nitrogen and oxygen atoms in total. The highest BCUT2D eigenvalue weighted by Gasteiger charge is 2.27. The topological polar surface area (TPSA) is 38.1 Å². The minimum Gasteiger partial charge on any atom is -0.342 e. The monoisotopic (exact) mass is 345 g/mol. The Kier molecular flexibility index (Phi) is 5.56. The molecule has 0 bridgehead atoms. The Morgan fingerprint density at radius 3 is 2.88 bits per heavy atom. The van der Waals surface area contributed by atoms with Crippen LogP contribution in [0.4, 0.5) is 0 Å². The Labute approximate surface area is 148 Å². The highest BCUT2D eigenvalue weighted by Crippen LogP contribution is 2.22. The fourth-order valence-electron chi connectivity index (χ4n) is 3.49. The standard InChI is InChI=1S/C19H24ClN3O/c1-15(12-23-14-18(20)11-21-23)19(24)22-9-5-8-17(13-22)10-16-6-3-2-4-7-16/h2-4,6-7,11,14-15,17H,5,8-10,12-13H2,1H3. The Bertz CT molecular complexity index is 670. The molecule has 0 N–H and O–H groups in total. The number of likely N-dealkylation sites (tertiary alicyclic amines) is 1. The normalized spacial score (nSPS) is 19.2. The predicted octanol–water partition coefficient (Wildman–Crippen LogP) is 3.65. The molecule has 2 heterocycles. The summed E-state index contributed by atoms with van der Waals surface area (Å²) >= 11 is 5.89. The molecule has 2 unspecified atom stereocenters. The molecule has 2 atom stereocenters. The van der Waals surface area contributed by atoms with E-state index in [1.165, 1.54) is 12.0 Å². The van der Waals surface area contributed by atoms with Crippen LogP contribution in [0.1, 0.15) is 25.3 Å². The maximum absolute atomic E-state index is 12.8. The molecule has 1 aromatic heterocycles. The molecule has 5 heteroatoms. The number of carbonyl (C=O) groups is 1. The number of piperidine rings is 1. The third-order valence-electron chi connectivity index (χ3n) is 4.68. The van der Waals surface area contributed by atoms with Crippen molar-refractivity contribution in [2.24, 2.45) is 11.8 Å². The third kappa shape index (κ3) is 4.38. The van der Waals surface area contributed by atoms with Crippen molar-refractivity contribution in [3.63, 3.8) is 0 Å². The van der Waals surface area contributed by atoms with Crippen LogP contribution in [0.2, 0.25) is 5.02 Å². The molecule has 1 aromatic carbocycles. The average molecular weight is 346 g/mol. The van der Waals surface area contributed by atoms with Gasteiger partial charge in [0.1, 0.15) is 0 Å². The van der Waals surface area contributed by atoms with E-state index in [-0.39, 0.29) is 11.8 Å². The Hall–Kier alpha value is -1.81. The van der Waals surface area contributed by atoms with E-state index in [9.17, 15) is 4.79 Å². The fourth-order valence-corrected chi connectivity index (χ4v) is 3.64. The van der Waals surface area contributed by atoms with Gasteiger partial charge in [-0.05, 0) is 30.7 Å². The van der Waals surface area contributed by atoms with Crippen LogP contribution >= 0.6 is 11.6 Å². The number of hydrogen-bond acceptors (Lipinski definition) is 2. The molecule has 128 valence electrons. The lowest BCUT2D eigenvalue weighted by Gasteiger charge is -2.34. The Balaban J connectivity index is 1.56. The largest absolute Gasteiger partial charge is 0.342 e. The Morgan fingerprint density at radius 1 is 1.38 bits per heavy atom. The van der Waals surface area contributed by atoms with E-state index in [2.05, 4.69) is 29.4 Å². The van der Waals surface area contributed by atoms with E-state index >= 15 is 0 Å². The zero-order valence-corrected chi connectivity index (χ0v) is 14.8. The van der Waals surface area contributed by atoms with Crippen molar-refractivity contribution >= 4 is 17.5 Å². The summed E-state index contributed by atoms with van der Waals surface area (Å²) in [6.45, 7) is 4.27. The van der Waals surface area contributed by atoms with E-state index in [1.807, 2.05) is 17.9 Å². The van der Waals surface area contributed by atoms with E-state index < -0.39 is 0 Å². The maximum atomic E-state index is 12.8. The first-order valence-electron chi connectivity index (χ1n) is 8.62. The van der Waals surface area contributed by atoms with Crippen molar-refractivity contribution in [2.45, 2.75) is 32.7 Å². The number of aromatic nitrogens is 2. The van der Waals surface area contributed by atoms with Crippen LogP contribution in [0.5, 0.6) is 0 Å². The first-order chi connectivity index (χ1) is 11.6. The SMILES string of the molecule is CC(Cn1cc(Cl)cn1)C(=O)N1CCCC(Cc2ccccc2)C1. The van der Waals surface area contributed by atoms with Gasteiger partial charge in [0.15, 0.2) is 0 Å². The summed E-state index contributed by atoms with van der Waals surface area (Å²) in [5, 5.41) is 4.78. The van der Waals surface area contributed by atoms with E-state index in [1.54, 1.807) is 17.1 Å². The quantitative estimate of drug-likeness (QED) is 0.829. The van der Waals surface area contributed by atoms with Gasteiger partial charge in [-0.2, -0.15) is 5.10 Å². The zero-order chi connectivity index (χ0) is 16.9. The highest BCUT2D eigenvalue weighted by molar-refractivity contribution is 6.30. The number of benzene rings is 1. The van der Waals surface area contributed by atoms with E-state index in [0.29, 0.717) is 17.5 Å². The van der Waals surface area contributed by atoms with Crippen LogP contribution in [0, 0.1) is 11.8 Å². The second-order valence-electron chi connectivity index (χ2n) is 6.76. The number of nitrogens with zero attached hydrogens (tertiary/aromatic N) is 3. The lowest BCUT2D eigenvalue weighted by molar-refractivity contribution is -0.137. The number of rotatable bonds is 5. The third-order valence-corrected chi connectivity index (χ3v) is 4.88. The molecule has 1 saturated heterocycles. The van der Waals surface area contributed by atoms with Gasteiger partial charge in [0.2, 0.25) is 5.91 Å². The molecule has 0 saturated carbocycles. The molecule has 0 aliphatic carbocycles. The predicted molar refractivity (Wildman–Crippen MR) is 95.9 cm³/mol. The number of carbonyl (C=O) groups excluding carboxylic acids is 1. The smallest absolute Gasteiger partial charge is 0.227 e.